The van der Waals surface area contributed by atoms with E-state index < -0.39 is 0 Å². The van der Waals surface area contributed by atoms with E-state index in [4.69, 9.17) is 37.9 Å². The van der Waals surface area contributed by atoms with Crippen molar-refractivity contribution in [3.05, 3.63) is 22.4 Å². The monoisotopic (exact) mass is 436 g/mol. The van der Waals surface area contributed by atoms with Crippen LogP contribution in [0.25, 0.3) is 0 Å². The quantitative estimate of drug-likeness (QED) is 0.241. The molecule has 0 bridgehead atoms. The molecule has 0 aromatic carbocycles. The Kier molecular flexibility index (Phi) is 20.1. The molecule has 0 fully saturated rings. The Morgan fingerprint density at radius 2 is 0.931 bits per heavy atom. The van der Waals surface area contributed by atoms with Crippen molar-refractivity contribution in [1.29, 1.82) is 0 Å². The first kappa shape index (κ1) is 26.4. The largest absolute Gasteiger partial charge is 0.382 e. The maximum Gasteiger partial charge on any atom is 0.0726 e. The van der Waals surface area contributed by atoms with Crippen LogP contribution in [0.15, 0.2) is 16.8 Å². The highest BCUT2D eigenvalue weighted by molar-refractivity contribution is 7.07. The minimum atomic E-state index is 0.543. The summed E-state index contributed by atoms with van der Waals surface area (Å²) in [5.74, 6) is 0. The van der Waals surface area contributed by atoms with Crippen molar-refractivity contribution < 1.29 is 37.9 Å². The van der Waals surface area contributed by atoms with Crippen molar-refractivity contribution in [3.8, 4) is 0 Å². The van der Waals surface area contributed by atoms with Gasteiger partial charge >= 0.3 is 0 Å². The maximum atomic E-state index is 5.51. The predicted molar refractivity (Wildman–Crippen MR) is 111 cm³/mol. The van der Waals surface area contributed by atoms with E-state index in [1.807, 2.05) is 5.38 Å². The summed E-state index contributed by atoms with van der Waals surface area (Å²) < 4.78 is 42.8. The zero-order chi connectivity index (χ0) is 20.7. The molecule has 8 nitrogen and oxygen atoms in total. The Labute approximate surface area is 178 Å². The summed E-state index contributed by atoms with van der Waals surface area (Å²) in [5.41, 5.74) is 1.21. The molecule has 0 aliphatic carbocycles. The van der Waals surface area contributed by atoms with Crippen molar-refractivity contribution in [2.24, 2.45) is 0 Å². The molecule has 0 aliphatic heterocycles. The fourth-order valence-electron chi connectivity index (χ4n) is 2.03. The standard InChI is InChI=1S/C20H36O8S/c1-21-3-4-22-5-6-23-7-8-24-9-10-25-11-12-26-13-14-27-15-16-28-18-20-2-17-29-19-20/h2,17,19H,3-16,18H2,1H3. The average molecular weight is 437 g/mol. The Bertz CT molecular complexity index is 419. The van der Waals surface area contributed by atoms with Gasteiger partial charge in [-0.25, -0.2) is 0 Å². The molecule has 1 rings (SSSR count). The molecular weight excluding hydrogens is 400 g/mol. The average Bonchev–Trinajstić information content (AvgIpc) is 3.25. The van der Waals surface area contributed by atoms with E-state index in [-0.39, 0.29) is 0 Å². The third-order valence-electron chi connectivity index (χ3n) is 3.51. The van der Waals surface area contributed by atoms with E-state index in [1.165, 1.54) is 5.56 Å². The molecule has 9 heteroatoms. The molecule has 0 unspecified atom stereocenters. The second-order valence-corrected chi connectivity index (χ2v) is 6.63. The van der Waals surface area contributed by atoms with Gasteiger partial charge in [0.2, 0.25) is 0 Å². The molecule has 29 heavy (non-hydrogen) atoms. The summed E-state index contributed by atoms with van der Waals surface area (Å²) in [6.45, 7) is 8.52. The summed E-state index contributed by atoms with van der Waals surface area (Å²) in [7, 11) is 1.65. The first-order valence-corrected chi connectivity index (χ1v) is 10.9. The molecule has 170 valence electrons. The maximum absolute atomic E-state index is 5.51. The summed E-state index contributed by atoms with van der Waals surface area (Å²) in [5, 5.41) is 4.13. The summed E-state index contributed by atoms with van der Waals surface area (Å²) in [6.07, 6.45) is 0. The molecule has 1 heterocycles. The summed E-state index contributed by atoms with van der Waals surface area (Å²) in [4.78, 5) is 0. The number of hydrogen-bond acceptors (Lipinski definition) is 9. The lowest BCUT2D eigenvalue weighted by atomic mass is 10.4. The minimum absolute atomic E-state index is 0.543. The van der Waals surface area contributed by atoms with Gasteiger partial charge in [-0.3, -0.25) is 0 Å². The van der Waals surface area contributed by atoms with Crippen molar-refractivity contribution in [1.82, 2.24) is 0 Å². The molecule has 0 aliphatic rings. The Balaban J connectivity index is 1.63. The van der Waals surface area contributed by atoms with Gasteiger partial charge in [-0.2, -0.15) is 11.3 Å². The number of hydrogen-bond donors (Lipinski definition) is 0. The van der Waals surface area contributed by atoms with Crippen LogP contribution in [-0.2, 0) is 44.5 Å². The molecule has 0 saturated heterocycles. The van der Waals surface area contributed by atoms with E-state index in [0.29, 0.717) is 99.1 Å². The molecule has 0 spiro atoms. The SMILES string of the molecule is COCCOCCOCCOCCOCCOCCOCCOCc1ccsc1. The highest BCUT2D eigenvalue weighted by Gasteiger charge is 1.95. The van der Waals surface area contributed by atoms with Crippen molar-refractivity contribution in [2.45, 2.75) is 6.61 Å². The van der Waals surface area contributed by atoms with Crippen molar-refractivity contribution in [2.75, 3.05) is 99.6 Å². The minimum Gasteiger partial charge on any atom is -0.382 e. The van der Waals surface area contributed by atoms with Crippen LogP contribution in [0.2, 0.25) is 0 Å². The van der Waals surface area contributed by atoms with Gasteiger partial charge in [0.25, 0.3) is 0 Å². The summed E-state index contributed by atoms with van der Waals surface area (Å²) >= 11 is 1.68. The number of thiophene rings is 1. The van der Waals surface area contributed by atoms with Crippen LogP contribution < -0.4 is 0 Å². The van der Waals surface area contributed by atoms with Crippen LogP contribution in [0.5, 0.6) is 0 Å². The second kappa shape index (κ2) is 22.1. The summed E-state index contributed by atoms with van der Waals surface area (Å²) in [6, 6.07) is 2.06. The molecule has 1 aromatic heterocycles. The topological polar surface area (TPSA) is 73.8 Å². The van der Waals surface area contributed by atoms with E-state index in [0.717, 1.165) is 0 Å². The Morgan fingerprint density at radius 1 is 0.552 bits per heavy atom. The van der Waals surface area contributed by atoms with Crippen LogP contribution in [0.1, 0.15) is 5.56 Å². The van der Waals surface area contributed by atoms with Crippen molar-refractivity contribution >= 4 is 11.3 Å². The predicted octanol–water partition coefficient (Wildman–Crippen LogP) is 2.01. The molecule has 1 aromatic rings. The molecule has 0 N–H and O–H groups in total. The first-order chi connectivity index (χ1) is 14.4. The number of rotatable bonds is 23. The fraction of sp³-hybridized carbons (Fsp3) is 0.800. The van der Waals surface area contributed by atoms with Crippen LogP contribution in [-0.4, -0.2) is 99.6 Å². The molecule has 0 radical (unpaired) electrons. The Morgan fingerprint density at radius 3 is 1.28 bits per heavy atom. The van der Waals surface area contributed by atoms with Gasteiger partial charge in [0.1, 0.15) is 0 Å². The van der Waals surface area contributed by atoms with Crippen molar-refractivity contribution in [3.63, 3.8) is 0 Å². The zero-order valence-corrected chi connectivity index (χ0v) is 18.3. The number of methoxy groups -OCH3 is 1. The van der Waals surface area contributed by atoms with Crippen LogP contribution >= 0.6 is 11.3 Å². The van der Waals surface area contributed by atoms with E-state index in [1.54, 1.807) is 18.4 Å². The lowest BCUT2D eigenvalue weighted by molar-refractivity contribution is -0.0226. The van der Waals surface area contributed by atoms with E-state index in [9.17, 15) is 0 Å². The van der Waals surface area contributed by atoms with Crippen LogP contribution in [0.4, 0.5) is 0 Å². The van der Waals surface area contributed by atoms with E-state index in [2.05, 4.69) is 11.4 Å². The second-order valence-electron chi connectivity index (χ2n) is 5.85. The van der Waals surface area contributed by atoms with Gasteiger partial charge in [0.05, 0.1) is 99.1 Å². The smallest absolute Gasteiger partial charge is 0.0726 e. The highest BCUT2D eigenvalue weighted by Crippen LogP contribution is 2.06. The third kappa shape index (κ3) is 19.1. The molecule has 0 saturated carbocycles. The molecular formula is C20H36O8S. The third-order valence-corrected chi connectivity index (χ3v) is 4.24. The fourth-order valence-corrected chi connectivity index (χ4v) is 2.68. The number of ether oxygens (including phenoxy) is 8. The van der Waals surface area contributed by atoms with Gasteiger partial charge in [0, 0.05) is 7.11 Å². The van der Waals surface area contributed by atoms with Gasteiger partial charge in [-0.15, -0.1) is 0 Å². The van der Waals surface area contributed by atoms with Gasteiger partial charge in [0.15, 0.2) is 0 Å². The van der Waals surface area contributed by atoms with Crippen LogP contribution in [0, 0.1) is 0 Å². The lowest BCUT2D eigenvalue weighted by Gasteiger charge is -2.08. The Hall–Kier alpha value is -0.620. The van der Waals surface area contributed by atoms with Gasteiger partial charge in [-0.1, -0.05) is 0 Å². The van der Waals surface area contributed by atoms with Crippen LogP contribution in [0.3, 0.4) is 0 Å². The first-order valence-electron chi connectivity index (χ1n) is 9.97. The zero-order valence-electron chi connectivity index (χ0n) is 17.5. The van der Waals surface area contributed by atoms with Gasteiger partial charge < -0.3 is 37.9 Å². The normalized spacial score (nSPS) is 11.3. The highest BCUT2D eigenvalue weighted by atomic mass is 32.1. The van der Waals surface area contributed by atoms with E-state index >= 15 is 0 Å². The van der Waals surface area contributed by atoms with Gasteiger partial charge in [-0.05, 0) is 22.4 Å². The molecule has 0 amide bonds. The molecule has 0 atom stereocenters. The lowest BCUT2D eigenvalue weighted by Crippen LogP contribution is -2.14.